The molecule has 0 saturated carbocycles. The summed E-state index contributed by atoms with van der Waals surface area (Å²) in [4.78, 5) is 17.1. The quantitative estimate of drug-likeness (QED) is 0.128. The zero-order valence-electron chi connectivity index (χ0n) is 19.4. The number of carbonyl (C=O) groups is 1. The van der Waals surface area contributed by atoms with Crippen LogP contribution < -0.4 is 20.2 Å². The molecule has 4 rings (SSSR count). The topological polar surface area (TPSA) is 84.8 Å². The summed E-state index contributed by atoms with van der Waals surface area (Å²) in [6.07, 6.45) is 3.19. The van der Waals surface area contributed by atoms with Crippen LogP contribution in [0.2, 0.25) is 0 Å². The average Bonchev–Trinajstić information content (AvgIpc) is 3.37. The van der Waals surface area contributed by atoms with Crippen LogP contribution in [0, 0.1) is 0 Å². The maximum Gasteiger partial charge on any atom is 0.271 e. The van der Waals surface area contributed by atoms with Gasteiger partial charge in [0.1, 0.15) is 6.61 Å². The molecule has 0 aliphatic rings. The molecule has 0 atom stereocenters. The fraction of sp³-hybridized carbons (Fsp3) is 0.0741. The van der Waals surface area contributed by atoms with Crippen molar-refractivity contribution < 1.29 is 14.3 Å². The van der Waals surface area contributed by atoms with Crippen molar-refractivity contribution >= 4 is 50.2 Å². The standard InChI is InChI=1S/C27H23BrN4O3S/c1-3-13-35-25-22(28)14-18(15-24(25)34-2)16-29-32-26(33)20-9-11-21(12-10-20)30-27-31-23(17-36-27)19-7-5-4-6-8-19/h3-12,14-17H,1,13H2,2H3,(H,30,31)(H,32,33). The van der Waals surface area contributed by atoms with Gasteiger partial charge in [0.15, 0.2) is 16.6 Å². The predicted octanol–water partition coefficient (Wildman–Crippen LogP) is 6.65. The number of halogens is 1. The monoisotopic (exact) mass is 562 g/mol. The lowest BCUT2D eigenvalue weighted by molar-refractivity contribution is 0.0955. The third-order valence-electron chi connectivity index (χ3n) is 4.95. The molecular formula is C27H23BrN4O3S. The number of hydrogen-bond donors (Lipinski definition) is 2. The molecule has 0 bridgehead atoms. The Morgan fingerprint density at radius 1 is 1.17 bits per heavy atom. The van der Waals surface area contributed by atoms with Crippen molar-refractivity contribution in [2.24, 2.45) is 5.10 Å². The molecule has 3 aromatic carbocycles. The number of rotatable bonds is 10. The number of thiazole rings is 1. The molecular weight excluding hydrogens is 540 g/mol. The minimum absolute atomic E-state index is 0.324. The van der Waals surface area contributed by atoms with Gasteiger partial charge in [0, 0.05) is 22.2 Å². The number of methoxy groups -OCH3 is 1. The van der Waals surface area contributed by atoms with E-state index in [1.807, 2.05) is 53.9 Å². The number of carbonyl (C=O) groups excluding carboxylic acids is 1. The van der Waals surface area contributed by atoms with Crippen molar-refractivity contribution in [3.8, 4) is 22.8 Å². The third kappa shape index (κ3) is 6.38. The molecule has 2 N–H and O–H groups in total. The lowest BCUT2D eigenvalue weighted by Crippen LogP contribution is -2.17. The maximum atomic E-state index is 12.5. The maximum absolute atomic E-state index is 12.5. The first-order valence-electron chi connectivity index (χ1n) is 10.9. The highest BCUT2D eigenvalue weighted by molar-refractivity contribution is 9.10. The van der Waals surface area contributed by atoms with E-state index in [0.29, 0.717) is 28.1 Å². The second kappa shape index (κ2) is 12.1. The summed E-state index contributed by atoms with van der Waals surface area (Å²) < 4.78 is 11.7. The summed E-state index contributed by atoms with van der Waals surface area (Å²) in [6, 6.07) is 20.7. The number of ether oxygens (including phenoxy) is 2. The molecule has 7 nitrogen and oxygen atoms in total. The first-order chi connectivity index (χ1) is 17.6. The number of aromatic nitrogens is 1. The van der Waals surface area contributed by atoms with Crippen LogP contribution in [-0.4, -0.2) is 30.8 Å². The van der Waals surface area contributed by atoms with Gasteiger partial charge in [-0.2, -0.15) is 5.10 Å². The summed E-state index contributed by atoms with van der Waals surface area (Å²) in [5.41, 5.74) is 6.57. The molecule has 4 aromatic rings. The number of anilines is 2. The minimum atomic E-state index is -0.324. The highest BCUT2D eigenvalue weighted by Crippen LogP contribution is 2.36. The van der Waals surface area contributed by atoms with Crippen LogP contribution in [0.3, 0.4) is 0 Å². The molecule has 0 unspecified atom stereocenters. The van der Waals surface area contributed by atoms with Gasteiger partial charge in [-0.25, -0.2) is 10.4 Å². The Hall–Kier alpha value is -3.95. The molecule has 1 aromatic heterocycles. The van der Waals surface area contributed by atoms with Crippen LogP contribution in [0.25, 0.3) is 11.3 Å². The van der Waals surface area contributed by atoms with E-state index in [1.165, 1.54) is 17.6 Å². The zero-order valence-corrected chi connectivity index (χ0v) is 21.8. The highest BCUT2D eigenvalue weighted by Gasteiger charge is 2.11. The summed E-state index contributed by atoms with van der Waals surface area (Å²) in [7, 11) is 1.56. The Balaban J connectivity index is 1.35. The fourth-order valence-electron chi connectivity index (χ4n) is 3.23. The van der Waals surface area contributed by atoms with Crippen LogP contribution in [0.4, 0.5) is 10.8 Å². The molecule has 0 spiro atoms. The van der Waals surface area contributed by atoms with Crippen molar-refractivity contribution in [2.45, 2.75) is 0 Å². The van der Waals surface area contributed by atoms with E-state index in [0.717, 1.165) is 27.6 Å². The third-order valence-corrected chi connectivity index (χ3v) is 6.30. The first-order valence-corrected chi connectivity index (χ1v) is 12.6. The van der Waals surface area contributed by atoms with Gasteiger partial charge in [-0.1, -0.05) is 43.0 Å². The molecule has 0 fully saturated rings. The van der Waals surface area contributed by atoms with Gasteiger partial charge in [-0.15, -0.1) is 11.3 Å². The SMILES string of the molecule is C=CCOc1c(Br)cc(C=NNC(=O)c2ccc(Nc3nc(-c4ccccc4)cs3)cc2)cc1OC. The number of hydrazone groups is 1. The first kappa shape index (κ1) is 25.2. The van der Waals surface area contributed by atoms with Crippen LogP contribution in [-0.2, 0) is 0 Å². The van der Waals surface area contributed by atoms with Gasteiger partial charge in [-0.3, -0.25) is 4.79 Å². The van der Waals surface area contributed by atoms with Gasteiger partial charge in [0.05, 0.1) is 23.5 Å². The van der Waals surface area contributed by atoms with Crippen LogP contribution in [0.1, 0.15) is 15.9 Å². The van der Waals surface area contributed by atoms with E-state index in [1.54, 1.807) is 31.4 Å². The zero-order chi connectivity index (χ0) is 25.3. The van der Waals surface area contributed by atoms with Crippen molar-refractivity contribution in [3.05, 3.63) is 100 Å². The molecule has 0 radical (unpaired) electrons. The van der Waals surface area contributed by atoms with Gasteiger partial charge >= 0.3 is 0 Å². The van der Waals surface area contributed by atoms with Crippen molar-refractivity contribution in [3.63, 3.8) is 0 Å². The molecule has 0 aliphatic carbocycles. The van der Waals surface area contributed by atoms with Crippen LogP contribution in [0.15, 0.2) is 94.3 Å². The van der Waals surface area contributed by atoms with E-state index >= 15 is 0 Å². The number of benzene rings is 3. The van der Waals surface area contributed by atoms with E-state index in [9.17, 15) is 4.79 Å². The largest absolute Gasteiger partial charge is 0.493 e. The number of nitrogens with zero attached hydrogens (tertiary/aromatic N) is 2. The highest BCUT2D eigenvalue weighted by atomic mass is 79.9. The van der Waals surface area contributed by atoms with Gasteiger partial charge in [-0.05, 0) is 57.9 Å². The number of hydrogen-bond acceptors (Lipinski definition) is 7. The average molecular weight is 563 g/mol. The molecule has 1 heterocycles. The van der Waals surface area contributed by atoms with E-state index in [2.05, 4.69) is 43.3 Å². The van der Waals surface area contributed by atoms with Crippen molar-refractivity contribution in [1.29, 1.82) is 0 Å². The molecule has 0 saturated heterocycles. The number of nitrogens with one attached hydrogen (secondary N) is 2. The molecule has 9 heteroatoms. The lowest BCUT2D eigenvalue weighted by Gasteiger charge is -2.12. The Labute approximate surface area is 221 Å². The Kier molecular flexibility index (Phi) is 8.48. The smallest absolute Gasteiger partial charge is 0.271 e. The minimum Gasteiger partial charge on any atom is -0.493 e. The van der Waals surface area contributed by atoms with Gasteiger partial charge in [0.2, 0.25) is 0 Å². The van der Waals surface area contributed by atoms with E-state index < -0.39 is 0 Å². The Bertz CT molecular complexity index is 1370. The van der Waals surface area contributed by atoms with Gasteiger partial charge < -0.3 is 14.8 Å². The predicted molar refractivity (Wildman–Crippen MR) is 149 cm³/mol. The van der Waals surface area contributed by atoms with Gasteiger partial charge in [0.25, 0.3) is 5.91 Å². The fourth-order valence-corrected chi connectivity index (χ4v) is 4.54. The summed E-state index contributed by atoms with van der Waals surface area (Å²) in [5.74, 6) is 0.787. The van der Waals surface area contributed by atoms with Crippen LogP contribution in [0.5, 0.6) is 11.5 Å². The molecule has 36 heavy (non-hydrogen) atoms. The summed E-state index contributed by atoms with van der Waals surface area (Å²) in [5, 5.41) is 10.1. The van der Waals surface area contributed by atoms with Crippen LogP contribution >= 0.6 is 27.3 Å². The summed E-state index contributed by atoms with van der Waals surface area (Å²) in [6.45, 7) is 4.00. The second-order valence-corrected chi connectivity index (χ2v) is 9.15. The van der Waals surface area contributed by atoms with Crippen molar-refractivity contribution in [1.82, 2.24) is 10.4 Å². The lowest BCUT2D eigenvalue weighted by atomic mass is 10.2. The molecule has 182 valence electrons. The normalized spacial score (nSPS) is 10.7. The Morgan fingerprint density at radius 2 is 1.94 bits per heavy atom. The second-order valence-electron chi connectivity index (χ2n) is 7.44. The summed E-state index contributed by atoms with van der Waals surface area (Å²) >= 11 is 4.99. The Morgan fingerprint density at radius 3 is 2.67 bits per heavy atom. The van der Waals surface area contributed by atoms with Crippen molar-refractivity contribution in [2.75, 3.05) is 19.0 Å². The van der Waals surface area contributed by atoms with E-state index in [-0.39, 0.29) is 5.91 Å². The molecule has 1 amide bonds. The van der Waals surface area contributed by atoms with E-state index in [4.69, 9.17) is 9.47 Å². The number of amides is 1. The molecule has 0 aliphatic heterocycles.